The fraction of sp³-hybridized carbons (Fsp3) is 0.538. The van der Waals surface area contributed by atoms with Crippen molar-refractivity contribution in [1.82, 2.24) is 5.32 Å². The molecule has 1 fully saturated rings. The van der Waals surface area contributed by atoms with Gasteiger partial charge in [-0.1, -0.05) is 17.7 Å². The lowest BCUT2D eigenvalue weighted by Gasteiger charge is -2.23. The van der Waals surface area contributed by atoms with Crippen LogP contribution in [0, 0.1) is 12.8 Å². The Kier molecular flexibility index (Phi) is 6.10. The lowest BCUT2D eigenvalue weighted by molar-refractivity contribution is -0.00000373. The van der Waals surface area contributed by atoms with E-state index in [1.165, 1.54) is 18.4 Å². The molecule has 0 saturated carbocycles. The molecule has 0 aromatic heterocycles. The molecule has 1 aliphatic heterocycles. The van der Waals surface area contributed by atoms with Gasteiger partial charge in [0, 0.05) is 12.5 Å². The molecular weight excluding hydrogens is 257 g/mol. The van der Waals surface area contributed by atoms with Crippen LogP contribution in [0.1, 0.15) is 18.4 Å². The van der Waals surface area contributed by atoms with Crippen molar-refractivity contribution in [2.45, 2.75) is 19.8 Å². The highest BCUT2D eigenvalue weighted by Gasteiger charge is 2.14. The highest BCUT2D eigenvalue weighted by Crippen LogP contribution is 2.26. The maximum absolute atomic E-state index is 6.07. The quantitative estimate of drug-likeness (QED) is 0.840. The van der Waals surface area contributed by atoms with Gasteiger partial charge in [-0.15, -0.1) is 0 Å². The number of aryl methyl sites for hydroxylation is 1. The zero-order valence-corrected chi connectivity index (χ0v) is 11.5. The van der Waals surface area contributed by atoms with E-state index in [2.05, 4.69) is 5.32 Å². The smallest absolute Gasteiger partial charge is 0.138 e. The van der Waals surface area contributed by atoms with Crippen LogP contribution >= 0.6 is 11.6 Å². The van der Waals surface area contributed by atoms with Crippen molar-refractivity contribution in [3.05, 3.63) is 28.8 Å². The van der Waals surface area contributed by atoms with Crippen LogP contribution < -0.4 is 22.5 Å². The molecule has 0 spiro atoms. The van der Waals surface area contributed by atoms with E-state index in [0.29, 0.717) is 10.9 Å². The Labute approximate surface area is 114 Å². The fourth-order valence-electron chi connectivity index (χ4n) is 2.00. The summed E-state index contributed by atoms with van der Waals surface area (Å²) < 4.78 is 5.79. The molecule has 1 N–H and O–H groups in total. The van der Waals surface area contributed by atoms with Gasteiger partial charge in [0.1, 0.15) is 5.75 Å². The predicted octanol–water partition coefficient (Wildman–Crippen LogP) is 0.0308. The van der Waals surface area contributed by atoms with Crippen LogP contribution in [0.15, 0.2) is 18.2 Å². The van der Waals surface area contributed by atoms with Gasteiger partial charge in [-0.05, 0) is 44.0 Å². The van der Waals surface area contributed by atoms with Gasteiger partial charge in [-0.2, -0.15) is 0 Å². The molecule has 2 nitrogen and oxygen atoms in total. The van der Waals surface area contributed by atoms with Crippen molar-refractivity contribution in [2.24, 2.45) is 5.92 Å². The van der Waals surface area contributed by atoms with Crippen LogP contribution in [-0.2, 0) is 0 Å². The highest BCUT2D eigenvalue weighted by atomic mass is 35.5. The molecule has 1 heterocycles. The average Bonchev–Trinajstić information content (AvgIpc) is 2.32. The minimum atomic E-state index is 0. The first-order valence-electron chi connectivity index (χ1n) is 5.85. The zero-order chi connectivity index (χ0) is 11.4. The van der Waals surface area contributed by atoms with E-state index in [0.717, 1.165) is 25.4 Å². The summed E-state index contributed by atoms with van der Waals surface area (Å²) in [6, 6.07) is 5.89. The molecule has 2 rings (SSSR count). The van der Waals surface area contributed by atoms with Crippen molar-refractivity contribution < 1.29 is 17.1 Å². The molecule has 4 heteroatoms. The van der Waals surface area contributed by atoms with Crippen molar-refractivity contribution in [3.63, 3.8) is 0 Å². The first-order valence-corrected chi connectivity index (χ1v) is 6.23. The van der Waals surface area contributed by atoms with Gasteiger partial charge in [0.05, 0.1) is 11.6 Å². The standard InChI is InChI=1S/C13H18ClNO.ClH/c1-10-4-5-12(14)13(7-10)16-9-11-3-2-6-15-8-11;/h4-5,7,11,15H,2-3,6,8-9H2,1H3;1H/p-1. The molecule has 1 aromatic carbocycles. The van der Waals surface area contributed by atoms with Crippen LogP contribution in [0.3, 0.4) is 0 Å². The summed E-state index contributed by atoms with van der Waals surface area (Å²) in [5.41, 5.74) is 1.18. The Morgan fingerprint density at radius 3 is 3.00 bits per heavy atom. The van der Waals surface area contributed by atoms with E-state index >= 15 is 0 Å². The summed E-state index contributed by atoms with van der Waals surface area (Å²) in [4.78, 5) is 0. The number of piperidine rings is 1. The number of nitrogens with one attached hydrogen (secondary N) is 1. The van der Waals surface area contributed by atoms with E-state index in [4.69, 9.17) is 16.3 Å². The summed E-state index contributed by atoms with van der Waals surface area (Å²) in [5, 5.41) is 4.09. The number of halogens is 2. The topological polar surface area (TPSA) is 21.3 Å². The molecule has 0 aliphatic carbocycles. The Morgan fingerprint density at radius 1 is 1.47 bits per heavy atom. The predicted molar refractivity (Wildman–Crippen MR) is 67.3 cm³/mol. The van der Waals surface area contributed by atoms with Gasteiger partial charge >= 0.3 is 0 Å². The number of ether oxygens (including phenoxy) is 1. The first kappa shape index (κ1) is 14.6. The molecule has 1 unspecified atom stereocenters. The minimum absolute atomic E-state index is 0. The monoisotopic (exact) mass is 274 g/mol. The highest BCUT2D eigenvalue weighted by molar-refractivity contribution is 6.32. The third-order valence-corrected chi connectivity index (χ3v) is 3.27. The summed E-state index contributed by atoms with van der Waals surface area (Å²) in [6.45, 7) is 5.01. The molecule has 1 atom stereocenters. The van der Waals surface area contributed by atoms with Crippen LogP contribution in [-0.4, -0.2) is 19.7 Å². The van der Waals surface area contributed by atoms with Gasteiger partial charge in [-0.25, -0.2) is 0 Å². The number of hydrogen-bond acceptors (Lipinski definition) is 2. The Bertz CT molecular complexity index is 351. The van der Waals surface area contributed by atoms with E-state index in [-0.39, 0.29) is 12.4 Å². The summed E-state index contributed by atoms with van der Waals surface area (Å²) in [7, 11) is 0. The van der Waals surface area contributed by atoms with Crippen LogP contribution in [0.25, 0.3) is 0 Å². The number of rotatable bonds is 3. The van der Waals surface area contributed by atoms with Crippen molar-refractivity contribution in [1.29, 1.82) is 0 Å². The van der Waals surface area contributed by atoms with Gasteiger partial charge in [0.15, 0.2) is 0 Å². The third kappa shape index (κ3) is 4.38. The van der Waals surface area contributed by atoms with E-state index in [1.54, 1.807) is 0 Å². The number of benzene rings is 1. The average molecular weight is 275 g/mol. The molecule has 1 aromatic rings. The normalized spacial score (nSPS) is 19.5. The summed E-state index contributed by atoms with van der Waals surface area (Å²) >= 11 is 6.07. The van der Waals surface area contributed by atoms with E-state index in [1.807, 2.05) is 25.1 Å². The number of hydrogen-bond donors (Lipinski definition) is 1. The SMILES string of the molecule is Cc1ccc(Cl)c(OCC2CCCNC2)c1.[Cl-]. The van der Waals surface area contributed by atoms with Gasteiger partial charge in [0.25, 0.3) is 0 Å². The van der Waals surface area contributed by atoms with Gasteiger partial charge in [-0.3, -0.25) is 0 Å². The summed E-state index contributed by atoms with van der Waals surface area (Å²) in [6.07, 6.45) is 2.49. The van der Waals surface area contributed by atoms with E-state index in [9.17, 15) is 0 Å². The van der Waals surface area contributed by atoms with Gasteiger partial charge < -0.3 is 22.5 Å². The second-order valence-corrected chi connectivity index (χ2v) is 4.86. The summed E-state index contributed by atoms with van der Waals surface area (Å²) in [5.74, 6) is 1.43. The maximum atomic E-state index is 6.07. The molecule has 0 bridgehead atoms. The zero-order valence-electron chi connectivity index (χ0n) is 10.0. The van der Waals surface area contributed by atoms with E-state index < -0.39 is 0 Å². The van der Waals surface area contributed by atoms with Crippen molar-refractivity contribution in [2.75, 3.05) is 19.7 Å². The van der Waals surface area contributed by atoms with Crippen molar-refractivity contribution >= 4 is 11.6 Å². The first-order chi connectivity index (χ1) is 7.75. The largest absolute Gasteiger partial charge is 1.00 e. The Hall–Kier alpha value is -0.440. The minimum Gasteiger partial charge on any atom is -1.00 e. The molecule has 1 aliphatic rings. The second-order valence-electron chi connectivity index (χ2n) is 4.46. The molecule has 1 saturated heterocycles. The molecule has 96 valence electrons. The van der Waals surface area contributed by atoms with Crippen molar-refractivity contribution in [3.8, 4) is 5.75 Å². The van der Waals surface area contributed by atoms with Crippen LogP contribution in [0.4, 0.5) is 0 Å². The lowest BCUT2D eigenvalue weighted by atomic mass is 10.0. The van der Waals surface area contributed by atoms with Crippen LogP contribution in [0.5, 0.6) is 5.75 Å². The molecular formula is C13H18Cl2NO-. The lowest BCUT2D eigenvalue weighted by Crippen LogP contribution is -3.00. The second kappa shape index (κ2) is 7.10. The molecule has 0 radical (unpaired) electrons. The molecule has 17 heavy (non-hydrogen) atoms. The Morgan fingerprint density at radius 2 is 2.29 bits per heavy atom. The van der Waals surface area contributed by atoms with Gasteiger partial charge in [0.2, 0.25) is 0 Å². The molecule has 0 amide bonds. The van der Waals surface area contributed by atoms with Crippen LogP contribution in [0.2, 0.25) is 5.02 Å². The third-order valence-electron chi connectivity index (χ3n) is 2.96. The Balaban J connectivity index is 0.00000144. The maximum Gasteiger partial charge on any atom is 0.138 e. The fourth-order valence-corrected chi connectivity index (χ4v) is 2.17.